The lowest BCUT2D eigenvalue weighted by molar-refractivity contribution is -0.150. The van der Waals surface area contributed by atoms with Crippen LogP contribution < -0.4 is 10.6 Å². The lowest BCUT2D eigenvalue weighted by atomic mass is 9.95. The van der Waals surface area contributed by atoms with Gasteiger partial charge in [0.15, 0.2) is 5.54 Å². The topological polar surface area (TPSA) is 108 Å². The average molecular weight is 363 g/mol. The summed E-state index contributed by atoms with van der Waals surface area (Å²) >= 11 is 0. The maximum absolute atomic E-state index is 12.5. The van der Waals surface area contributed by atoms with E-state index in [4.69, 9.17) is 4.74 Å². The van der Waals surface area contributed by atoms with E-state index in [9.17, 15) is 19.5 Å². The van der Waals surface area contributed by atoms with E-state index < -0.39 is 17.4 Å². The Bertz CT molecular complexity index is 651. The summed E-state index contributed by atoms with van der Waals surface area (Å²) in [5, 5.41) is 14.7. The number of aliphatic carboxylic acids is 1. The van der Waals surface area contributed by atoms with Crippen LogP contribution >= 0.6 is 0 Å². The number of carbonyl (C=O) groups excluding carboxylic acids is 2. The minimum atomic E-state index is -1.50. The van der Waals surface area contributed by atoms with E-state index >= 15 is 0 Å². The highest BCUT2D eigenvalue weighted by molar-refractivity contribution is 5.91. The number of piperidine rings is 1. The third-order valence-electron chi connectivity index (χ3n) is 4.41. The quantitative estimate of drug-likeness (QED) is 0.710. The second kappa shape index (κ2) is 8.66. The molecule has 1 aromatic carbocycles. The Morgan fingerprint density at radius 1 is 1.31 bits per heavy atom. The molecule has 0 spiro atoms. The number of amides is 3. The number of ether oxygens (including phenoxy) is 1. The van der Waals surface area contributed by atoms with E-state index in [2.05, 4.69) is 10.6 Å². The molecule has 3 N–H and O–H groups in total. The summed E-state index contributed by atoms with van der Waals surface area (Å²) in [6, 6.07) is 8.81. The number of carbonyl (C=O) groups is 3. The zero-order valence-electron chi connectivity index (χ0n) is 15.0. The van der Waals surface area contributed by atoms with Crippen molar-refractivity contribution < 1.29 is 24.2 Å². The molecule has 8 nitrogen and oxygen atoms in total. The molecule has 0 aliphatic carbocycles. The first-order valence-corrected chi connectivity index (χ1v) is 8.51. The zero-order chi connectivity index (χ0) is 19.2. The summed E-state index contributed by atoms with van der Waals surface area (Å²) in [7, 11) is 1.38. The molecule has 0 aromatic heterocycles. The number of hydrogen-bond donors (Lipinski definition) is 3. The van der Waals surface area contributed by atoms with Crippen LogP contribution in [0.5, 0.6) is 0 Å². The highest BCUT2D eigenvalue weighted by Gasteiger charge is 2.38. The molecule has 8 heteroatoms. The molecule has 1 aromatic rings. The summed E-state index contributed by atoms with van der Waals surface area (Å²) in [5.41, 5.74) is -0.817. The fourth-order valence-electron chi connectivity index (χ4n) is 2.91. The third kappa shape index (κ3) is 4.95. The number of para-hydroxylation sites is 1. The highest BCUT2D eigenvalue weighted by atomic mass is 16.5. The molecule has 0 radical (unpaired) electrons. The summed E-state index contributed by atoms with van der Waals surface area (Å²) < 4.78 is 4.91. The third-order valence-corrected chi connectivity index (χ3v) is 4.41. The largest absolute Gasteiger partial charge is 0.479 e. The van der Waals surface area contributed by atoms with Crippen molar-refractivity contribution in [1.82, 2.24) is 10.2 Å². The van der Waals surface area contributed by atoms with Crippen LogP contribution in [0.1, 0.15) is 19.8 Å². The number of likely N-dealkylation sites (tertiary alicyclic amines) is 1. The number of nitrogens with zero attached hydrogens (tertiary/aromatic N) is 1. The number of methoxy groups -OCH3 is 1. The van der Waals surface area contributed by atoms with Crippen LogP contribution in [-0.2, 0) is 14.3 Å². The van der Waals surface area contributed by atoms with Gasteiger partial charge < -0.3 is 25.4 Å². The van der Waals surface area contributed by atoms with Gasteiger partial charge in [0, 0.05) is 25.9 Å². The normalized spacial score (nSPS) is 19.3. The van der Waals surface area contributed by atoms with Gasteiger partial charge >= 0.3 is 12.0 Å². The van der Waals surface area contributed by atoms with Crippen LogP contribution in [0.2, 0.25) is 0 Å². The molecular weight excluding hydrogens is 338 g/mol. The van der Waals surface area contributed by atoms with Crippen molar-refractivity contribution in [2.75, 3.05) is 32.1 Å². The molecule has 3 amide bonds. The molecule has 2 unspecified atom stereocenters. The summed E-state index contributed by atoms with van der Waals surface area (Å²) in [6.45, 7) is 2.06. The smallest absolute Gasteiger partial charge is 0.331 e. The van der Waals surface area contributed by atoms with Gasteiger partial charge in [-0.2, -0.15) is 0 Å². The minimum Gasteiger partial charge on any atom is -0.479 e. The minimum absolute atomic E-state index is 0.140. The van der Waals surface area contributed by atoms with Crippen LogP contribution in [0.15, 0.2) is 30.3 Å². The monoisotopic (exact) mass is 363 g/mol. The SMILES string of the molecule is COCC(C)(NC(=O)C1CCCN(C(=O)Nc2ccccc2)C1)C(=O)O. The van der Waals surface area contributed by atoms with Crippen LogP contribution in [0.3, 0.4) is 0 Å². The molecule has 2 rings (SSSR count). The Morgan fingerprint density at radius 3 is 2.62 bits per heavy atom. The van der Waals surface area contributed by atoms with Crippen molar-refractivity contribution in [2.24, 2.45) is 5.92 Å². The summed E-state index contributed by atoms with van der Waals surface area (Å²) in [5.74, 6) is -2.01. The highest BCUT2D eigenvalue weighted by Crippen LogP contribution is 2.19. The summed E-state index contributed by atoms with van der Waals surface area (Å²) in [4.78, 5) is 37.9. The van der Waals surface area contributed by atoms with Gasteiger partial charge in [-0.1, -0.05) is 18.2 Å². The maximum Gasteiger partial charge on any atom is 0.331 e. The number of carboxylic acids is 1. The van der Waals surface area contributed by atoms with E-state index in [0.29, 0.717) is 25.1 Å². The van der Waals surface area contributed by atoms with Gasteiger partial charge in [0.25, 0.3) is 0 Å². The number of carboxylic acid groups (broad SMARTS) is 1. The molecule has 2 atom stereocenters. The molecule has 1 aliphatic rings. The fraction of sp³-hybridized carbons (Fsp3) is 0.500. The lowest BCUT2D eigenvalue weighted by Crippen LogP contribution is -2.58. The Balaban J connectivity index is 1.97. The zero-order valence-corrected chi connectivity index (χ0v) is 15.0. The summed E-state index contributed by atoms with van der Waals surface area (Å²) in [6.07, 6.45) is 1.28. The molecule has 1 heterocycles. The van der Waals surface area contributed by atoms with E-state index in [1.165, 1.54) is 14.0 Å². The van der Waals surface area contributed by atoms with Crippen LogP contribution in [0.25, 0.3) is 0 Å². The number of benzene rings is 1. The number of hydrogen-bond acceptors (Lipinski definition) is 4. The first kappa shape index (κ1) is 19.7. The van der Waals surface area contributed by atoms with E-state index in [1.807, 2.05) is 18.2 Å². The first-order chi connectivity index (χ1) is 12.4. The van der Waals surface area contributed by atoms with Gasteiger partial charge in [0.05, 0.1) is 12.5 Å². The van der Waals surface area contributed by atoms with Gasteiger partial charge in [0.2, 0.25) is 5.91 Å². The predicted molar refractivity (Wildman–Crippen MR) is 95.8 cm³/mol. The van der Waals surface area contributed by atoms with Gasteiger partial charge in [-0.3, -0.25) is 4.79 Å². The van der Waals surface area contributed by atoms with E-state index in [0.717, 1.165) is 0 Å². The molecule has 0 saturated carbocycles. The molecule has 1 aliphatic heterocycles. The van der Waals surface area contributed by atoms with Gasteiger partial charge in [-0.15, -0.1) is 0 Å². The number of anilines is 1. The molecule has 142 valence electrons. The van der Waals surface area contributed by atoms with Crippen molar-refractivity contribution in [3.8, 4) is 0 Å². The molecule has 1 fully saturated rings. The Hall–Kier alpha value is -2.61. The van der Waals surface area contributed by atoms with Crippen molar-refractivity contribution in [3.05, 3.63) is 30.3 Å². The van der Waals surface area contributed by atoms with E-state index in [-0.39, 0.29) is 25.1 Å². The second-order valence-electron chi connectivity index (χ2n) is 6.64. The van der Waals surface area contributed by atoms with E-state index in [1.54, 1.807) is 17.0 Å². The van der Waals surface area contributed by atoms with Crippen molar-refractivity contribution in [3.63, 3.8) is 0 Å². The van der Waals surface area contributed by atoms with Crippen LogP contribution in [0, 0.1) is 5.92 Å². The van der Waals surface area contributed by atoms with Crippen LogP contribution in [0.4, 0.5) is 10.5 Å². The Kier molecular flexibility index (Phi) is 6.57. The lowest BCUT2D eigenvalue weighted by Gasteiger charge is -2.34. The fourth-order valence-corrected chi connectivity index (χ4v) is 2.91. The molecule has 26 heavy (non-hydrogen) atoms. The van der Waals surface area contributed by atoms with Crippen molar-refractivity contribution in [1.29, 1.82) is 0 Å². The average Bonchev–Trinajstić information content (AvgIpc) is 2.62. The van der Waals surface area contributed by atoms with Crippen molar-refractivity contribution in [2.45, 2.75) is 25.3 Å². The standard InChI is InChI=1S/C18H25N3O5/c1-18(12-26-2,16(23)24)20-15(22)13-7-6-10-21(11-13)17(25)19-14-8-4-3-5-9-14/h3-5,8-9,13H,6-7,10-12H2,1-2H3,(H,19,25)(H,20,22)(H,23,24). The number of urea groups is 1. The molecule has 1 saturated heterocycles. The maximum atomic E-state index is 12.5. The molecular formula is C18H25N3O5. The Labute approximate surface area is 152 Å². The number of rotatable bonds is 6. The van der Waals surface area contributed by atoms with Crippen LogP contribution in [-0.4, -0.2) is 60.3 Å². The Morgan fingerprint density at radius 2 is 2.00 bits per heavy atom. The predicted octanol–water partition coefficient (Wildman–Crippen LogP) is 1.54. The van der Waals surface area contributed by atoms with Gasteiger partial charge in [0.1, 0.15) is 0 Å². The molecule has 0 bridgehead atoms. The van der Waals surface area contributed by atoms with Gasteiger partial charge in [-0.25, -0.2) is 9.59 Å². The van der Waals surface area contributed by atoms with Gasteiger partial charge in [-0.05, 0) is 31.9 Å². The number of nitrogens with one attached hydrogen (secondary N) is 2. The van der Waals surface area contributed by atoms with Crippen molar-refractivity contribution >= 4 is 23.6 Å². The first-order valence-electron chi connectivity index (χ1n) is 8.51. The second-order valence-corrected chi connectivity index (χ2v) is 6.64.